The van der Waals surface area contributed by atoms with E-state index in [9.17, 15) is 0 Å². The molecule has 1 atom stereocenters. The minimum absolute atomic E-state index is 0. The number of hydrogen-bond donors (Lipinski definition) is 1. The molecule has 0 amide bonds. The molecule has 6 nitrogen and oxygen atoms in total. The SMILES string of the molecule is S=C([S-])NCC1COCCOCCOCCOCCO1.[Na+]. The van der Waals surface area contributed by atoms with E-state index in [1.54, 1.807) is 0 Å². The average molecular weight is 347 g/mol. The standard InChI is InChI=1S/C12H23NO5S2.Na/c19-12(20)13-9-11-10-17-6-5-15-2-1-14-3-4-16-7-8-18-11;/h11H,1-10H2,(H2,13,19,20);/q;+1/p-1. The van der Waals surface area contributed by atoms with Crippen LogP contribution in [0.1, 0.15) is 0 Å². The summed E-state index contributed by atoms with van der Waals surface area (Å²) in [6.07, 6.45) is -0.110. The van der Waals surface area contributed by atoms with Crippen molar-refractivity contribution in [2.24, 2.45) is 0 Å². The molecular weight excluding hydrogens is 325 g/mol. The quantitative estimate of drug-likeness (QED) is 0.320. The number of ether oxygens (including phenoxy) is 5. The van der Waals surface area contributed by atoms with E-state index in [4.69, 9.17) is 48.5 Å². The summed E-state index contributed by atoms with van der Waals surface area (Å²) >= 11 is 9.62. The molecule has 1 fully saturated rings. The zero-order valence-electron chi connectivity index (χ0n) is 12.5. The molecule has 1 rings (SSSR count). The Bertz CT molecular complexity index is 248. The van der Waals surface area contributed by atoms with Gasteiger partial charge in [-0.05, 0) is 0 Å². The minimum atomic E-state index is -0.110. The van der Waals surface area contributed by atoms with Crippen LogP contribution in [0.3, 0.4) is 0 Å². The van der Waals surface area contributed by atoms with Gasteiger partial charge < -0.3 is 53.8 Å². The summed E-state index contributed by atoms with van der Waals surface area (Å²) < 4.78 is 27.6. The first-order valence-electron chi connectivity index (χ1n) is 6.66. The van der Waals surface area contributed by atoms with Crippen molar-refractivity contribution in [1.29, 1.82) is 0 Å². The van der Waals surface area contributed by atoms with Crippen molar-refractivity contribution in [2.45, 2.75) is 6.10 Å². The maximum atomic E-state index is 5.67. The molecule has 0 saturated carbocycles. The smallest absolute Gasteiger partial charge is 0.412 e. The topological polar surface area (TPSA) is 58.2 Å². The van der Waals surface area contributed by atoms with Crippen LogP contribution in [0.4, 0.5) is 0 Å². The van der Waals surface area contributed by atoms with Crippen LogP contribution in [0.15, 0.2) is 0 Å². The zero-order chi connectivity index (χ0) is 14.5. The Balaban J connectivity index is 0.00000400. The van der Waals surface area contributed by atoms with Gasteiger partial charge in [0.1, 0.15) is 0 Å². The third-order valence-electron chi connectivity index (χ3n) is 2.48. The van der Waals surface area contributed by atoms with Gasteiger partial charge in [-0.3, -0.25) is 0 Å². The van der Waals surface area contributed by atoms with Gasteiger partial charge in [-0.2, -0.15) is 0 Å². The number of nitrogens with one attached hydrogen (secondary N) is 1. The molecule has 21 heavy (non-hydrogen) atoms. The van der Waals surface area contributed by atoms with Gasteiger partial charge in [-0.15, -0.1) is 0 Å². The Hall–Kier alpha value is 0.910. The molecule has 1 aliphatic heterocycles. The number of rotatable bonds is 2. The first kappa shape index (κ1) is 21.9. The molecule has 0 bridgehead atoms. The van der Waals surface area contributed by atoms with Crippen molar-refractivity contribution in [3.8, 4) is 0 Å². The molecule has 0 aromatic carbocycles. The molecular formula is C12H22NNaO5S2. The summed E-state index contributed by atoms with van der Waals surface area (Å²) in [6, 6.07) is 0. The minimum Gasteiger partial charge on any atom is -0.412 e. The van der Waals surface area contributed by atoms with E-state index in [0.717, 1.165) is 0 Å². The molecule has 0 aliphatic carbocycles. The van der Waals surface area contributed by atoms with Crippen LogP contribution in [0.5, 0.6) is 0 Å². The second-order valence-corrected chi connectivity index (χ2v) is 5.15. The Labute approximate surface area is 159 Å². The van der Waals surface area contributed by atoms with E-state index in [1.807, 2.05) is 0 Å². The monoisotopic (exact) mass is 347 g/mol. The number of thiocarbonyl (C=S) groups is 1. The fourth-order valence-corrected chi connectivity index (χ4v) is 1.68. The molecule has 0 radical (unpaired) electrons. The van der Waals surface area contributed by atoms with Crippen molar-refractivity contribution >= 4 is 29.2 Å². The van der Waals surface area contributed by atoms with Crippen molar-refractivity contribution < 1.29 is 53.2 Å². The Morgan fingerprint density at radius 3 is 1.90 bits per heavy atom. The largest absolute Gasteiger partial charge is 1.00 e. The summed E-state index contributed by atoms with van der Waals surface area (Å²) in [6.45, 7) is 5.34. The average Bonchev–Trinajstić information content (AvgIpc) is 2.44. The predicted octanol–water partition coefficient (Wildman–Crippen LogP) is -3.12. The Morgan fingerprint density at radius 1 is 0.905 bits per heavy atom. The van der Waals surface area contributed by atoms with E-state index in [-0.39, 0.29) is 35.7 Å². The second kappa shape index (κ2) is 15.8. The van der Waals surface area contributed by atoms with Crippen LogP contribution < -0.4 is 34.9 Å². The van der Waals surface area contributed by atoms with Crippen LogP contribution in [0.2, 0.25) is 0 Å². The molecule has 1 aliphatic rings. The maximum Gasteiger partial charge on any atom is 1.00 e. The van der Waals surface area contributed by atoms with Crippen molar-refractivity contribution in [3.05, 3.63) is 0 Å². The van der Waals surface area contributed by atoms with Crippen LogP contribution in [0.25, 0.3) is 0 Å². The van der Waals surface area contributed by atoms with Gasteiger partial charge in [0.25, 0.3) is 0 Å². The van der Waals surface area contributed by atoms with Gasteiger partial charge in [-0.25, -0.2) is 0 Å². The second-order valence-electron chi connectivity index (χ2n) is 4.07. The van der Waals surface area contributed by atoms with E-state index in [1.165, 1.54) is 0 Å². The molecule has 1 N–H and O–H groups in total. The van der Waals surface area contributed by atoms with Gasteiger partial charge in [0.05, 0.1) is 65.6 Å². The molecule has 0 aromatic rings. The van der Waals surface area contributed by atoms with Crippen molar-refractivity contribution in [3.63, 3.8) is 0 Å². The van der Waals surface area contributed by atoms with E-state index in [0.29, 0.717) is 70.3 Å². The third-order valence-corrected chi connectivity index (χ3v) is 2.76. The fourth-order valence-electron chi connectivity index (χ4n) is 1.51. The van der Waals surface area contributed by atoms with Gasteiger partial charge >= 0.3 is 29.6 Å². The molecule has 1 saturated heterocycles. The molecule has 118 valence electrons. The van der Waals surface area contributed by atoms with Crippen LogP contribution in [-0.4, -0.2) is 76.4 Å². The van der Waals surface area contributed by atoms with Crippen LogP contribution >= 0.6 is 12.2 Å². The van der Waals surface area contributed by atoms with Crippen LogP contribution in [-0.2, 0) is 36.3 Å². The predicted molar refractivity (Wildman–Crippen MR) is 81.0 cm³/mol. The zero-order valence-corrected chi connectivity index (χ0v) is 16.1. The molecule has 1 unspecified atom stereocenters. The Morgan fingerprint density at radius 2 is 1.38 bits per heavy atom. The Kier molecular flexibility index (Phi) is 16.5. The van der Waals surface area contributed by atoms with Gasteiger partial charge in [0, 0.05) is 6.54 Å². The summed E-state index contributed by atoms with van der Waals surface area (Å²) in [4.78, 5) is 0. The van der Waals surface area contributed by atoms with Gasteiger partial charge in [-0.1, -0.05) is 4.32 Å². The van der Waals surface area contributed by atoms with E-state index in [2.05, 4.69) is 5.32 Å². The summed E-state index contributed by atoms with van der Waals surface area (Å²) in [5.41, 5.74) is 0. The van der Waals surface area contributed by atoms with Crippen LogP contribution in [0, 0.1) is 0 Å². The van der Waals surface area contributed by atoms with Gasteiger partial charge in [0.15, 0.2) is 0 Å². The summed E-state index contributed by atoms with van der Waals surface area (Å²) in [5, 5.41) is 2.91. The molecule has 1 heterocycles. The summed E-state index contributed by atoms with van der Waals surface area (Å²) in [7, 11) is 0. The fraction of sp³-hybridized carbons (Fsp3) is 0.917. The number of hydrogen-bond acceptors (Lipinski definition) is 7. The van der Waals surface area contributed by atoms with Crippen molar-refractivity contribution in [2.75, 3.05) is 66.0 Å². The third kappa shape index (κ3) is 14.2. The molecule has 9 heteroatoms. The molecule has 0 aromatic heterocycles. The van der Waals surface area contributed by atoms with E-state index >= 15 is 0 Å². The summed E-state index contributed by atoms with van der Waals surface area (Å²) in [5.74, 6) is 0. The normalized spacial score (nSPS) is 23.1. The van der Waals surface area contributed by atoms with Crippen molar-refractivity contribution in [1.82, 2.24) is 5.32 Å². The first-order chi connectivity index (χ1) is 9.79. The maximum absolute atomic E-state index is 5.67. The van der Waals surface area contributed by atoms with Gasteiger partial charge in [0.2, 0.25) is 0 Å². The van der Waals surface area contributed by atoms with E-state index < -0.39 is 0 Å². The molecule has 0 spiro atoms. The first-order valence-corrected chi connectivity index (χ1v) is 7.48.